The van der Waals surface area contributed by atoms with E-state index in [2.05, 4.69) is 4.99 Å². The minimum absolute atomic E-state index is 0. The third-order valence-corrected chi connectivity index (χ3v) is 3.10. The van der Waals surface area contributed by atoms with Gasteiger partial charge in [0.05, 0.1) is 0 Å². The smallest absolute Gasteiger partial charge is 0.784 e. The number of guanidine groups is 1. The fourth-order valence-electron chi connectivity index (χ4n) is 1.68. The largest absolute Gasteiger partial charge is 1.00 e. The van der Waals surface area contributed by atoms with Crippen LogP contribution in [0.25, 0.3) is 0 Å². The Labute approximate surface area is 269 Å². The average Bonchev–Trinajstić information content (AvgIpc) is 2.61. The molecule has 1 rings (SSSR count). The predicted molar refractivity (Wildman–Crippen MR) is 130 cm³/mol. The second-order valence-electron chi connectivity index (χ2n) is 5.57. The van der Waals surface area contributed by atoms with Crippen LogP contribution in [0.4, 0.5) is 0 Å². The number of aliphatic carboxylic acids is 2. The Morgan fingerprint density at radius 2 is 1.23 bits per heavy atom. The van der Waals surface area contributed by atoms with E-state index in [9.17, 15) is 9.59 Å². The number of rotatable bonds is 8. The number of phenols is 2. The van der Waals surface area contributed by atoms with Gasteiger partial charge in [0.2, 0.25) is 0 Å². The van der Waals surface area contributed by atoms with E-state index in [0.717, 1.165) is 0 Å². The van der Waals surface area contributed by atoms with Crippen LogP contribution in [0.5, 0.6) is 11.5 Å². The van der Waals surface area contributed by atoms with Gasteiger partial charge in [0.1, 0.15) is 12.1 Å². The van der Waals surface area contributed by atoms with Crippen molar-refractivity contribution in [2.75, 3.05) is 6.54 Å². The van der Waals surface area contributed by atoms with Crippen molar-refractivity contribution < 1.29 is 141 Å². The van der Waals surface area contributed by atoms with Crippen molar-refractivity contribution in [3.8, 4) is 11.5 Å². The summed E-state index contributed by atoms with van der Waals surface area (Å²) in [6, 6.07) is 2.27. The molecule has 0 saturated heterocycles. The SMILES string of the molecule is NC(N)=NCCCC(N)C(=O)O.N[C@@H](Cc1ccc(O)c(O)c1)C(=O)O.O.O.O.O.O.O.O.O=S([O-])[O-].[Na+].[Na+]. The summed E-state index contributed by atoms with van der Waals surface area (Å²) in [7, 11) is 0. The zero-order valence-electron chi connectivity index (χ0n) is 21.2. The Morgan fingerprint density at radius 3 is 1.54 bits per heavy atom. The molecule has 2 atom stereocenters. The molecule has 1 unspecified atom stereocenters. The molecule has 21 nitrogen and oxygen atoms in total. The van der Waals surface area contributed by atoms with Gasteiger partial charge in [0.15, 0.2) is 17.5 Å². The first kappa shape index (κ1) is 71.2. The van der Waals surface area contributed by atoms with Crippen LogP contribution >= 0.6 is 0 Å². The molecule has 0 aliphatic rings. The second-order valence-corrected chi connectivity index (χ2v) is 5.98. The molecular weight excluding hydrogens is 584 g/mol. The van der Waals surface area contributed by atoms with Crippen LogP contribution in [0.1, 0.15) is 18.4 Å². The molecule has 0 heterocycles. The van der Waals surface area contributed by atoms with Crippen molar-refractivity contribution in [1.82, 2.24) is 0 Å². The zero-order valence-corrected chi connectivity index (χ0v) is 26.0. The van der Waals surface area contributed by atoms with Gasteiger partial charge in [-0.05, 0) is 37.0 Å². The molecule has 0 aliphatic carbocycles. The zero-order chi connectivity index (χ0) is 23.9. The van der Waals surface area contributed by atoms with Gasteiger partial charge in [-0.3, -0.25) is 18.8 Å². The van der Waals surface area contributed by atoms with Crippen LogP contribution < -0.4 is 82.0 Å². The molecule has 0 aliphatic heterocycles. The fraction of sp³-hybridized carbons (Fsp3) is 0.400. The molecule has 0 fully saturated rings. The normalized spacial score (nSPS) is 9.05. The molecule has 0 radical (unpaired) electrons. The molecule has 39 heavy (non-hydrogen) atoms. The summed E-state index contributed by atoms with van der Waals surface area (Å²) < 4.78 is 25.3. The van der Waals surface area contributed by atoms with Crippen molar-refractivity contribution in [2.45, 2.75) is 31.3 Å². The third kappa shape index (κ3) is 46.9. The minimum atomic E-state index is -3.11. The van der Waals surface area contributed by atoms with Crippen molar-refractivity contribution in [1.29, 1.82) is 0 Å². The first-order chi connectivity index (χ1) is 13.8. The van der Waals surface area contributed by atoms with E-state index >= 15 is 0 Å². The van der Waals surface area contributed by atoms with E-state index in [1.807, 2.05) is 0 Å². The standard InChI is InChI=1S/C9H11NO4.C6H14N4O2.2Na.H2O3S.7H2O/c10-6(9(13)14)3-5-1-2-7(11)8(12)4-5;7-4(5(11)12)2-1-3-10-6(8)9;;;1-4(2)3;;;;;;;/h1-2,4,6,11-12H,3,10H2,(H,13,14);4H,1-3,7H2,(H,11,12)(H4,8,9,10);;;(H2,1,2,3);7*1H2/q;;2*+1;;;;;;;;/p-2/t6-;;;;;;;;;;;/m0.........../s1. The Bertz CT molecular complexity index is 746. The Kier molecular flexibility index (Phi) is 75.3. The summed E-state index contributed by atoms with van der Waals surface area (Å²) >= 11 is -3.11. The van der Waals surface area contributed by atoms with E-state index in [4.69, 9.17) is 56.7 Å². The predicted octanol–water partition coefficient (Wildman–Crippen LogP) is -14.3. The van der Waals surface area contributed by atoms with Crippen LogP contribution in [0.2, 0.25) is 0 Å². The number of aliphatic imine (C=N–C) groups is 1. The Balaban J connectivity index is -0.0000000328. The minimum Gasteiger partial charge on any atom is -0.784 e. The van der Waals surface area contributed by atoms with Crippen molar-refractivity contribution >= 4 is 29.3 Å². The van der Waals surface area contributed by atoms with Gasteiger partial charge in [-0.2, -0.15) is 0 Å². The van der Waals surface area contributed by atoms with Crippen LogP contribution in [-0.4, -0.2) is 109 Å². The van der Waals surface area contributed by atoms with Crippen LogP contribution in [-0.2, 0) is 27.4 Å². The quantitative estimate of drug-likeness (QED) is 0.0333. The third-order valence-electron chi connectivity index (χ3n) is 3.10. The summed E-state index contributed by atoms with van der Waals surface area (Å²) in [5.41, 5.74) is 21.2. The number of aromatic hydroxyl groups is 2. The molecule has 0 saturated carbocycles. The summed E-state index contributed by atoms with van der Waals surface area (Å²) in [4.78, 5) is 24.3. The summed E-state index contributed by atoms with van der Waals surface area (Å²) in [6.07, 6.45) is 1.07. The van der Waals surface area contributed by atoms with E-state index < -0.39 is 35.4 Å². The molecule has 1 aromatic carbocycles. The molecule has 0 spiro atoms. The van der Waals surface area contributed by atoms with Crippen LogP contribution in [0, 0.1) is 0 Å². The average molecular weight is 624 g/mol. The molecule has 1 aromatic rings. The van der Waals surface area contributed by atoms with Gasteiger partial charge in [-0.25, -0.2) is 0 Å². The van der Waals surface area contributed by atoms with Crippen molar-refractivity contribution in [3.05, 3.63) is 23.8 Å². The maximum atomic E-state index is 10.4. The molecule has 24 heteroatoms. The first-order valence-corrected chi connectivity index (χ1v) is 9.07. The maximum absolute atomic E-state index is 10.4. The monoisotopic (exact) mass is 623 g/mol. The number of hydrogen-bond acceptors (Lipinski definition) is 10. The van der Waals surface area contributed by atoms with Crippen LogP contribution in [0.15, 0.2) is 23.2 Å². The van der Waals surface area contributed by atoms with Gasteiger partial charge in [-0.1, -0.05) is 6.07 Å². The van der Waals surface area contributed by atoms with E-state index in [-0.39, 0.29) is 121 Å². The number of phenolic OH excluding ortho intramolecular Hbond substituents is 2. The first-order valence-electron chi connectivity index (χ1n) is 8.07. The summed E-state index contributed by atoms with van der Waals surface area (Å²) in [6.45, 7) is 0.420. The van der Waals surface area contributed by atoms with Crippen molar-refractivity contribution in [2.24, 2.45) is 27.9 Å². The van der Waals surface area contributed by atoms with Crippen LogP contribution in [0.3, 0.4) is 0 Å². The molecule has 0 amide bonds. The van der Waals surface area contributed by atoms with Crippen molar-refractivity contribution in [3.63, 3.8) is 0 Å². The fourth-order valence-corrected chi connectivity index (χ4v) is 1.68. The number of carboxylic acid groups (broad SMARTS) is 2. The summed E-state index contributed by atoms with van der Waals surface area (Å²) in [5.74, 6) is -2.60. The van der Waals surface area contributed by atoms with Gasteiger partial charge in [-0.15, -0.1) is 11.4 Å². The van der Waals surface area contributed by atoms with E-state index in [0.29, 0.717) is 24.9 Å². The number of carbonyl (C=O) groups is 2. The summed E-state index contributed by atoms with van der Waals surface area (Å²) in [5, 5.41) is 35.0. The van der Waals surface area contributed by atoms with E-state index in [1.165, 1.54) is 18.2 Å². The van der Waals surface area contributed by atoms with Gasteiger partial charge in [0, 0.05) is 6.54 Å². The Hall–Kier alpha value is -1.26. The van der Waals surface area contributed by atoms with Gasteiger partial charge in [0.25, 0.3) is 0 Å². The second kappa shape index (κ2) is 41.2. The van der Waals surface area contributed by atoms with Gasteiger partial charge >= 0.3 is 71.1 Å². The molecule has 0 bridgehead atoms. The topological polar surface area (TPSA) is 515 Å². The molecular formula is C15H39N5Na2O16S. The number of carboxylic acids is 2. The number of nitrogens with zero attached hydrogens (tertiary/aromatic N) is 1. The molecule has 0 aromatic heterocycles. The number of nitrogens with two attached hydrogens (primary N) is 4. The Morgan fingerprint density at radius 1 is 0.846 bits per heavy atom. The number of hydrogen-bond donors (Lipinski definition) is 8. The molecule has 228 valence electrons. The van der Waals surface area contributed by atoms with Gasteiger partial charge < -0.3 is 90.8 Å². The van der Waals surface area contributed by atoms with E-state index in [1.54, 1.807) is 0 Å². The number of benzene rings is 1. The maximum Gasteiger partial charge on any atom is 1.00 e. The molecule has 26 N–H and O–H groups in total.